The van der Waals surface area contributed by atoms with E-state index in [4.69, 9.17) is 0 Å². The molecular weight excluding hydrogens is 388 g/mol. The van der Waals surface area contributed by atoms with Crippen molar-refractivity contribution in [1.82, 2.24) is 10.9 Å². The molecule has 0 radical (unpaired) electrons. The molecule has 6 heteroatoms. The summed E-state index contributed by atoms with van der Waals surface area (Å²) < 4.78 is 0. The van der Waals surface area contributed by atoms with E-state index in [2.05, 4.69) is 33.2 Å². The fourth-order valence-electron chi connectivity index (χ4n) is 3.37. The third kappa shape index (κ3) is 7.48. The van der Waals surface area contributed by atoms with Crippen LogP contribution in [0.25, 0.3) is 0 Å². The van der Waals surface area contributed by atoms with Crippen LogP contribution < -0.4 is 10.9 Å². The third-order valence-corrected chi connectivity index (χ3v) is 5.05. The summed E-state index contributed by atoms with van der Waals surface area (Å²) in [6, 6.07) is 12.2. The molecule has 2 aromatic carbocycles. The van der Waals surface area contributed by atoms with Gasteiger partial charge < -0.3 is 0 Å². The van der Waals surface area contributed by atoms with Gasteiger partial charge in [0, 0.05) is 24.0 Å². The van der Waals surface area contributed by atoms with Gasteiger partial charge in [-0.2, -0.15) is 10.2 Å². The van der Waals surface area contributed by atoms with Crippen LogP contribution in [0.1, 0.15) is 66.5 Å². The largest absolute Gasteiger partial charge is 0.273 e. The number of carbonyl (C=O) groups excluding carboxylic acids is 2. The molecule has 6 nitrogen and oxygen atoms in total. The first-order valence-electron chi connectivity index (χ1n) is 10.5. The van der Waals surface area contributed by atoms with Gasteiger partial charge in [0.15, 0.2) is 0 Å². The minimum absolute atomic E-state index is 0.216. The van der Waals surface area contributed by atoms with Crippen molar-refractivity contribution < 1.29 is 9.59 Å². The minimum Gasteiger partial charge on any atom is -0.273 e. The first-order chi connectivity index (χ1) is 14.7. The monoisotopic (exact) mass is 420 g/mol. The van der Waals surface area contributed by atoms with Gasteiger partial charge in [0.05, 0.1) is 11.4 Å². The Balaban J connectivity index is 1.78. The number of carbonyl (C=O) groups is 2. The first kappa shape index (κ1) is 24.0. The SMILES string of the molecule is CC(=NNC(=O)CCCC(=O)NN=C(C)c1ccc(C)cc1C)c1ccc(C)cc1C. The summed E-state index contributed by atoms with van der Waals surface area (Å²) in [6.45, 7) is 11.8. The summed E-state index contributed by atoms with van der Waals surface area (Å²) >= 11 is 0. The number of amides is 2. The van der Waals surface area contributed by atoms with Crippen molar-refractivity contribution in [2.24, 2.45) is 10.2 Å². The van der Waals surface area contributed by atoms with E-state index in [0.29, 0.717) is 6.42 Å². The summed E-state index contributed by atoms with van der Waals surface area (Å²) in [5, 5.41) is 8.37. The van der Waals surface area contributed by atoms with Crippen LogP contribution in [0.15, 0.2) is 46.6 Å². The van der Waals surface area contributed by atoms with Crippen molar-refractivity contribution >= 4 is 23.2 Å². The highest BCUT2D eigenvalue weighted by atomic mass is 16.2. The number of nitrogens with one attached hydrogen (secondary N) is 2. The molecule has 2 rings (SSSR count). The molecule has 0 bridgehead atoms. The van der Waals surface area contributed by atoms with Gasteiger partial charge in [-0.25, -0.2) is 10.9 Å². The van der Waals surface area contributed by atoms with Crippen LogP contribution in [-0.2, 0) is 9.59 Å². The lowest BCUT2D eigenvalue weighted by Crippen LogP contribution is -2.22. The summed E-state index contributed by atoms with van der Waals surface area (Å²) in [7, 11) is 0. The third-order valence-electron chi connectivity index (χ3n) is 5.05. The van der Waals surface area contributed by atoms with E-state index < -0.39 is 0 Å². The Bertz CT molecular complexity index is 941. The van der Waals surface area contributed by atoms with Crippen LogP contribution in [0, 0.1) is 27.7 Å². The average Bonchev–Trinajstić information content (AvgIpc) is 2.70. The molecule has 0 aliphatic rings. The predicted octanol–water partition coefficient (Wildman–Crippen LogP) is 4.47. The van der Waals surface area contributed by atoms with Crippen LogP contribution in [0.4, 0.5) is 0 Å². The van der Waals surface area contributed by atoms with E-state index in [9.17, 15) is 9.59 Å². The van der Waals surface area contributed by atoms with E-state index in [1.165, 1.54) is 11.1 Å². The second-order valence-electron chi connectivity index (χ2n) is 7.95. The van der Waals surface area contributed by atoms with Crippen molar-refractivity contribution in [3.8, 4) is 0 Å². The second-order valence-corrected chi connectivity index (χ2v) is 7.95. The maximum Gasteiger partial charge on any atom is 0.240 e. The van der Waals surface area contributed by atoms with Gasteiger partial charge in [-0.15, -0.1) is 0 Å². The van der Waals surface area contributed by atoms with Gasteiger partial charge in [-0.3, -0.25) is 9.59 Å². The highest BCUT2D eigenvalue weighted by molar-refractivity contribution is 6.01. The summed E-state index contributed by atoms with van der Waals surface area (Å²) in [6.07, 6.45) is 0.863. The lowest BCUT2D eigenvalue weighted by molar-refractivity contribution is -0.122. The van der Waals surface area contributed by atoms with E-state index in [-0.39, 0.29) is 24.7 Å². The maximum atomic E-state index is 12.0. The van der Waals surface area contributed by atoms with Crippen molar-refractivity contribution in [3.63, 3.8) is 0 Å². The molecule has 2 aromatic rings. The van der Waals surface area contributed by atoms with E-state index in [1.54, 1.807) is 0 Å². The zero-order valence-corrected chi connectivity index (χ0v) is 19.3. The molecule has 0 aliphatic heterocycles. The van der Waals surface area contributed by atoms with Crippen LogP contribution in [0.5, 0.6) is 0 Å². The Kier molecular flexibility index (Phi) is 8.67. The first-order valence-corrected chi connectivity index (χ1v) is 10.5. The molecule has 0 saturated carbocycles. The van der Waals surface area contributed by atoms with Crippen LogP contribution in [0.2, 0.25) is 0 Å². The number of hydrogen-bond acceptors (Lipinski definition) is 4. The van der Waals surface area contributed by atoms with Gasteiger partial charge in [0.2, 0.25) is 11.8 Å². The molecule has 164 valence electrons. The highest BCUT2D eigenvalue weighted by Gasteiger charge is 2.07. The van der Waals surface area contributed by atoms with Crippen molar-refractivity contribution in [1.29, 1.82) is 0 Å². The predicted molar refractivity (Wildman–Crippen MR) is 126 cm³/mol. The van der Waals surface area contributed by atoms with E-state index in [0.717, 1.165) is 33.7 Å². The molecule has 2 N–H and O–H groups in total. The fraction of sp³-hybridized carbons (Fsp3) is 0.360. The molecule has 0 unspecified atom stereocenters. The molecular formula is C25H32N4O2. The molecule has 0 fully saturated rings. The molecule has 2 amide bonds. The van der Waals surface area contributed by atoms with E-state index in [1.807, 2.05) is 65.8 Å². The minimum atomic E-state index is -0.216. The number of rotatable bonds is 8. The smallest absolute Gasteiger partial charge is 0.240 e. The summed E-state index contributed by atoms with van der Waals surface area (Å²) in [4.78, 5) is 24.1. The molecule has 31 heavy (non-hydrogen) atoms. The lowest BCUT2D eigenvalue weighted by Gasteiger charge is -2.08. The van der Waals surface area contributed by atoms with Crippen LogP contribution in [0.3, 0.4) is 0 Å². The van der Waals surface area contributed by atoms with E-state index >= 15 is 0 Å². The van der Waals surface area contributed by atoms with Gasteiger partial charge in [0.25, 0.3) is 0 Å². The van der Waals surface area contributed by atoms with Crippen LogP contribution >= 0.6 is 0 Å². The maximum absolute atomic E-state index is 12.0. The number of hydrazone groups is 2. The topological polar surface area (TPSA) is 82.9 Å². The number of aryl methyl sites for hydroxylation is 4. The number of hydrogen-bond donors (Lipinski definition) is 2. The molecule has 0 spiro atoms. The molecule has 0 aromatic heterocycles. The second kappa shape index (κ2) is 11.2. The molecule has 0 aliphatic carbocycles. The summed E-state index contributed by atoms with van der Waals surface area (Å²) in [5.74, 6) is -0.432. The Morgan fingerprint density at radius 3 is 1.45 bits per heavy atom. The van der Waals surface area contributed by atoms with Crippen LogP contribution in [-0.4, -0.2) is 23.2 Å². The van der Waals surface area contributed by atoms with Gasteiger partial charge in [-0.1, -0.05) is 47.5 Å². The lowest BCUT2D eigenvalue weighted by atomic mass is 10.0. The standard InChI is InChI=1S/C25H32N4O2/c1-16-10-12-22(18(3)14-16)20(5)26-28-24(30)8-7-9-25(31)29-27-21(6)23-13-11-17(2)15-19(23)4/h10-15H,7-9H2,1-6H3,(H,28,30)(H,29,31). The summed E-state index contributed by atoms with van der Waals surface area (Å²) in [5.41, 5.74) is 13.2. The normalized spacial score (nSPS) is 11.9. The average molecular weight is 421 g/mol. The molecule has 0 heterocycles. The molecule has 0 saturated heterocycles. The van der Waals surface area contributed by atoms with Gasteiger partial charge >= 0.3 is 0 Å². The Morgan fingerprint density at radius 2 is 1.10 bits per heavy atom. The Morgan fingerprint density at radius 1 is 0.710 bits per heavy atom. The zero-order chi connectivity index (χ0) is 23.0. The molecule has 0 atom stereocenters. The van der Waals surface area contributed by atoms with Crippen molar-refractivity contribution in [2.75, 3.05) is 0 Å². The van der Waals surface area contributed by atoms with Gasteiger partial charge in [-0.05, 0) is 59.1 Å². The highest BCUT2D eigenvalue weighted by Crippen LogP contribution is 2.12. The van der Waals surface area contributed by atoms with Crippen molar-refractivity contribution in [3.05, 3.63) is 69.8 Å². The number of nitrogens with zero attached hydrogens (tertiary/aromatic N) is 2. The van der Waals surface area contributed by atoms with Gasteiger partial charge in [0.1, 0.15) is 0 Å². The number of benzene rings is 2. The quantitative estimate of drug-likeness (QED) is 0.488. The Hall–Kier alpha value is -3.28. The zero-order valence-electron chi connectivity index (χ0n) is 19.3. The van der Waals surface area contributed by atoms with Crippen molar-refractivity contribution in [2.45, 2.75) is 60.8 Å². The Labute approximate surface area is 184 Å². The fourth-order valence-corrected chi connectivity index (χ4v) is 3.37.